The summed E-state index contributed by atoms with van der Waals surface area (Å²) in [6, 6.07) is 17.1. The highest BCUT2D eigenvalue weighted by Crippen LogP contribution is 2.20. The monoisotopic (exact) mass is 274 g/mol. The number of ether oxygens (including phenoxy) is 2. The third-order valence-corrected chi connectivity index (χ3v) is 2.71. The summed E-state index contributed by atoms with van der Waals surface area (Å²) in [5.41, 5.74) is 1.09. The molecular formula is C16H18O4. The van der Waals surface area contributed by atoms with E-state index in [9.17, 15) is 5.11 Å². The van der Waals surface area contributed by atoms with E-state index in [2.05, 4.69) is 0 Å². The zero-order valence-corrected chi connectivity index (χ0v) is 11.1. The van der Waals surface area contributed by atoms with Crippen molar-refractivity contribution >= 4 is 0 Å². The van der Waals surface area contributed by atoms with Crippen LogP contribution in [0.25, 0.3) is 0 Å². The van der Waals surface area contributed by atoms with Crippen molar-refractivity contribution in [2.45, 2.75) is 12.7 Å². The summed E-state index contributed by atoms with van der Waals surface area (Å²) < 4.78 is 11.0. The number of aliphatic hydroxyl groups is 2. The quantitative estimate of drug-likeness (QED) is 0.810. The van der Waals surface area contributed by atoms with Crippen molar-refractivity contribution in [2.24, 2.45) is 0 Å². The van der Waals surface area contributed by atoms with Crippen molar-refractivity contribution in [3.63, 3.8) is 0 Å². The second-order valence-corrected chi connectivity index (χ2v) is 4.40. The van der Waals surface area contributed by atoms with E-state index in [1.165, 1.54) is 0 Å². The summed E-state index contributed by atoms with van der Waals surface area (Å²) >= 11 is 0. The molecule has 0 radical (unpaired) electrons. The van der Waals surface area contributed by atoms with Gasteiger partial charge in [-0.25, -0.2) is 0 Å². The Balaban J connectivity index is 1.89. The van der Waals surface area contributed by atoms with Gasteiger partial charge in [0.05, 0.1) is 6.61 Å². The third-order valence-electron chi connectivity index (χ3n) is 2.71. The summed E-state index contributed by atoms with van der Waals surface area (Å²) in [6.07, 6.45) is -0.871. The molecule has 0 bridgehead atoms. The molecule has 0 aromatic heterocycles. The highest BCUT2D eigenvalue weighted by Gasteiger charge is 2.04. The van der Waals surface area contributed by atoms with Gasteiger partial charge in [-0.2, -0.15) is 0 Å². The van der Waals surface area contributed by atoms with Gasteiger partial charge in [-0.1, -0.05) is 36.4 Å². The summed E-state index contributed by atoms with van der Waals surface area (Å²) in [7, 11) is 0. The Kier molecular flexibility index (Phi) is 5.41. The van der Waals surface area contributed by atoms with Crippen LogP contribution in [0, 0.1) is 0 Å². The molecule has 4 nitrogen and oxygen atoms in total. The van der Waals surface area contributed by atoms with Crippen molar-refractivity contribution in [1.82, 2.24) is 0 Å². The molecule has 0 aliphatic heterocycles. The standard InChI is InChI=1S/C16H18O4/c17-10-14(18)12-20-16-8-4-7-15(9-16)19-11-13-5-2-1-3-6-13/h1-9,14,17-18H,10-12H2. The van der Waals surface area contributed by atoms with Crippen LogP contribution in [-0.4, -0.2) is 29.5 Å². The van der Waals surface area contributed by atoms with E-state index in [1.807, 2.05) is 42.5 Å². The van der Waals surface area contributed by atoms with E-state index in [0.717, 1.165) is 5.56 Å². The Hall–Kier alpha value is -2.04. The molecule has 2 aromatic rings. The molecule has 0 amide bonds. The lowest BCUT2D eigenvalue weighted by molar-refractivity contribution is 0.0535. The van der Waals surface area contributed by atoms with Gasteiger partial charge in [0, 0.05) is 6.07 Å². The lowest BCUT2D eigenvalue weighted by Gasteiger charge is -2.11. The molecule has 1 unspecified atom stereocenters. The number of aliphatic hydroxyl groups excluding tert-OH is 2. The maximum Gasteiger partial charge on any atom is 0.123 e. The zero-order chi connectivity index (χ0) is 14.2. The Labute approximate surface area is 118 Å². The van der Waals surface area contributed by atoms with E-state index in [1.54, 1.807) is 12.1 Å². The summed E-state index contributed by atoms with van der Waals surface area (Å²) in [4.78, 5) is 0. The highest BCUT2D eigenvalue weighted by molar-refractivity contribution is 5.33. The van der Waals surface area contributed by atoms with Crippen LogP contribution in [0.3, 0.4) is 0 Å². The van der Waals surface area contributed by atoms with E-state index >= 15 is 0 Å². The first-order chi connectivity index (χ1) is 9.78. The van der Waals surface area contributed by atoms with Crippen molar-refractivity contribution in [1.29, 1.82) is 0 Å². The average Bonchev–Trinajstić information content (AvgIpc) is 2.52. The maximum absolute atomic E-state index is 9.23. The maximum atomic E-state index is 9.23. The van der Waals surface area contributed by atoms with E-state index < -0.39 is 6.10 Å². The van der Waals surface area contributed by atoms with Crippen LogP contribution < -0.4 is 9.47 Å². The van der Waals surface area contributed by atoms with Crippen molar-refractivity contribution in [2.75, 3.05) is 13.2 Å². The third kappa shape index (κ3) is 4.57. The van der Waals surface area contributed by atoms with Gasteiger partial charge in [0.25, 0.3) is 0 Å². The first kappa shape index (κ1) is 14.4. The fourth-order valence-corrected chi connectivity index (χ4v) is 1.64. The predicted octanol–water partition coefficient (Wildman–Crippen LogP) is 2.00. The SMILES string of the molecule is OCC(O)COc1cccc(OCc2ccccc2)c1. The van der Waals surface area contributed by atoms with Gasteiger partial charge in [-0.05, 0) is 17.7 Å². The fraction of sp³-hybridized carbons (Fsp3) is 0.250. The first-order valence-corrected chi connectivity index (χ1v) is 6.46. The topological polar surface area (TPSA) is 58.9 Å². The van der Waals surface area contributed by atoms with Gasteiger partial charge >= 0.3 is 0 Å². The van der Waals surface area contributed by atoms with Gasteiger partial charge in [0.15, 0.2) is 0 Å². The molecule has 2 N–H and O–H groups in total. The number of hydrogen-bond acceptors (Lipinski definition) is 4. The van der Waals surface area contributed by atoms with Gasteiger partial charge in [0.2, 0.25) is 0 Å². The minimum absolute atomic E-state index is 0.0542. The molecule has 0 saturated heterocycles. The van der Waals surface area contributed by atoms with Crippen molar-refractivity contribution in [3.8, 4) is 11.5 Å². The molecule has 106 valence electrons. The van der Waals surface area contributed by atoms with Crippen LogP contribution in [0.5, 0.6) is 11.5 Å². The second-order valence-electron chi connectivity index (χ2n) is 4.40. The smallest absolute Gasteiger partial charge is 0.123 e. The number of rotatable bonds is 7. The Morgan fingerprint density at radius 1 is 0.900 bits per heavy atom. The van der Waals surface area contributed by atoms with Crippen LogP contribution >= 0.6 is 0 Å². The Morgan fingerprint density at radius 2 is 1.60 bits per heavy atom. The Morgan fingerprint density at radius 3 is 2.30 bits per heavy atom. The molecule has 0 spiro atoms. The molecule has 4 heteroatoms. The van der Waals surface area contributed by atoms with Crippen molar-refractivity contribution < 1.29 is 19.7 Å². The molecule has 0 heterocycles. The number of hydrogen-bond donors (Lipinski definition) is 2. The number of benzene rings is 2. The van der Waals surface area contributed by atoms with E-state index in [-0.39, 0.29) is 13.2 Å². The average molecular weight is 274 g/mol. The van der Waals surface area contributed by atoms with E-state index in [0.29, 0.717) is 18.1 Å². The molecular weight excluding hydrogens is 256 g/mol. The van der Waals surface area contributed by atoms with E-state index in [4.69, 9.17) is 14.6 Å². The van der Waals surface area contributed by atoms with Crippen LogP contribution in [-0.2, 0) is 6.61 Å². The lowest BCUT2D eigenvalue weighted by Crippen LogP contribution is -2.21. The van der Waals surface area contributed by atoms with Gasteiger partial charge < -0.3 is 19.7 Å². The van der Waals surface area contributed by atoms with Gasteiger partial charge in [-0.3, -0.25) is 0 Å². The van der Waals surface area contributed by atoms with Gasteiger partial charge in [-0.15, -0.1) is 0 Å². The van der Waals surface area contributed by atoms with Gasteiger partial charge in [0.1, 0.15) is 30.8 Å². The van der Waals surface area contributed by atoms with Crippen LogP contribution in [0.15, 0.2) is 54.6 Å². The molecule has 1 atom stereocenters. The lowest BCUT2D eigenvalue weighted by atomic mass is 10.2. The summed E-state index contributed by atoms with van der Waals surface area (Å²) in [5, 5.41) is 18.0. The van der Waals surface area contributed by atoms with Crippen molar-refractivity contribution in [3.05, 3.63) is 60.2 Å². The molecule has 2 aromatic carbocycles. The second kappa shape index (κ2) is 7.53. The fourth-order valence-electron chi connectivity index (χ4n) is 1.64. The minimum Gasteiger partial charge on any atom is -0.491 e. The minimum atomic E-state index is -0.871. The molecule has 0 aliphatic rings. The molecule has 20 heavy (non-hydrogen) atoms. The largest absolute Gasteiger partial charge is 0.491 e. The summed E-state index contributed by atoms with van der Waals surface area (Å²) in [6.45, 7) is 0.229. The first-order valence-electron chi connectivity index (χ1n) is 6.46. The summed E-state index contributed by atoms with van der Waals surface area (Å²) in [5.74, 6) is 1.30. The molecule has 2 rings (SSSR count). The highest BCUT2D eigenvalue weighted by atomic mass is 16.5. The molecule has 0 aliphatic carbocycles. The van der Waals surface area contributed by atoms with Crippen LogP contribution in [0.1, 0.15) is 5.56 Å². The van der Waals surface area contributed by atoms with Crippen LogP contribution in [0.4, 0.5) is 0 Å². The molecule has 0 saturated carbocycles. The normalized spacial score (nSPS) is 11.9. The predicted molar refractivity (Wildman–Crippen MR) is 75.8 cm³/mol. The molecule has 0 fully saturated rings. The zero-order valence-electron chi connectivity index (χ0n) is 11.1. The Bertz CT molecular complexity index is 513. The van der Waals surface area contributed by atoms with Crippen LogP contribution in [0.2, 0.25) is 0 Å².